The maximum absolute atomic E-state index is 4.38. The number of hydrogen-bond acceptors (Lipinski definition) is 3. The number of nitrogens with zero attached hydrogens (tertiary/aromatic N) is 1. The van der Waals surface area contributed by atoms with Gasteiger partial charge in [-0.25, -0.2) is 0 Å². The number of rotatable bonds is 5. The Balaban J connectivity index is 1.54. The molecule has 14 heavy (non-hydrogen) atoms. The molecule has 0 bridgehead atoms. The molecule has 2 heterocycles. The van der Waals surface area contributed by atoms with Crippen LogP contribution in [0.25, 0.3) is 0 Å². The molecule has 0 aromatic rings. The van der Waals surface area contributed by atoms with E-state index < -0.39 is 0 Å². The first-order chi connectivity index (χ1) is 6.95. The number of aliphatic imine (C=N–C) groups is 1. The zero-order valence-corrected chi connectivity index (χ0v) is 8.68. The number of amidine groups is 1. The van der Waals surface area contributed by atoms with E-state index in [0.717, 1.165) is 26.1 Å². The second kappa shape index (κ2) is 5.03. The second-order valence-corrected chi connectivity index (χ2v) is 3.91. The fourth-order valence-corrected chi connectivity index (χ4v) is 1.96. The quantitative estimate of drug-likeness (QED) is 0.648. The standard InChI is InChI=1S/C11H19N3/c1(4-10-5-3-7-12-10)2-6-11-13-8-9-14-11/h5,12H,1-4,6-9H2,(H,13,14). The third-order valence-electron chi connectivity index (χ3n) is 2.74. The van der Waals surface area contributed by atoms with Crippen LogP contribution in [-0.4, -0.2) is 25.5 Å². The van der Waals surface area contributed by atoms with Crippen LogP contribution in [0.5, 0.6) is 0 Å². The van der Waals surface area contributed by atoms with Gasteiger partial charge in [-0.15, -0.1) is 0 Å². The van der Waals surface area contributed by atoms with Crippen molar-refractivity contribution in [2.45, 2.75) is 32.1 Å². The Labute approximate surface area is 85.7 Å². The molecule has 0 spiro atoms. The smallest absolute Gasteiger partial charge is 0.0964 e. The number of unbranched alkanes of at least 4 members (excludes halogenated alkanes) is 1. The predicted octanol–water partition coefficient (Wildman–Crippen LogP) is 1.43. The zero-order chi connectivity index (χ0) is 9.64. The summed E-state index contributed by atoms with van der Waals surface area (Å²) in [5.74, 6) is 1.22. The first kappa shape index (κ1) is 9.56. The van der Waals surface area contributed by atoms with Crippen molar-refractivity contribution >= 4 is 5.84 Å². The van der Waals surface area contributed by atoms with E-state index in [1.165, 1.54) is 37.2 Å². The van der Waals surface area contributed by atoms with E-state index in [0.29, 0.717) is 0 Å². The van der Waals surface area contributed by atoms with Gasteiger partial charge in [-0.1, -0.05) is 6.08 Å². The van der Waals surface area contributed by atoms with E-state index in [1.807, 2.05) is 0 Å². The van der Waals surface area contributed by atoms with Gasteiger partial charge in [-0.2, -0.15) is 0 Å². The van der Waals surface area contributed by atoms with Gasteiger partial charge in [0.25, 0.3) is 0 Å². The van der Waals surface area contributed by atoms with Crippen LogP contribution in [0.4, 0.5) is 0 Å². The SMILES string of the molecule is C1=C(CCCCC2=NCCN2)NCC1. The molecule has 0 atom stereocenters. The van der Waals surface area contributed by atoms with Crippen LogP contribution < -0.4 is 10.6 Å². The summed E-state index contributed by atoms with van der Waals surface area (Å²) in [4.78, 5) is 4.38. The highest BCUT2D eigenvalue weighted by molar-refractivity contribution is 5.83. The Hall–Kier alpha value is -0.990. The van der Waals surface area contributed by atoms with Crippen LogP contribution in [0.2, 0.25) is 0 Å². The molecule has 2 aliphatic rings. The Bertz CT molecular complexity index is 217. The highest BCUT2D eigenvalue weighted by Gasteiger charge is 2.05. The van der Waals surface area contributed by atoms with Crippen LogP contribution in [-0.2, 0) is 0 Å². The molecule has 0 saturated heterocycles. The number of hydrogen-bond donors (Lipinski definition) is 2. The van der Waals surface area contributed by atoms with E-state index in [2.05, 4.69) is 21.7 Å². The monoisotopic (exact) mass is 193 g/mol. The van der Waals surface area contributed by atoms with Crippen molar-refractivity contribution < 1.29 is 0 Å². The summed E-state index contributed by atoms with van der Waals surface area (Å²) in [7, 11) is 0. The molecule has 2 N–H and O–H groups in total. The highest BCUT2D eigenvalue weighted by atomic mass is 15.1. The molecule has 0 fully saturated rings. The van der Waals surface area contributed by atoms with Crippen molar-refractivity contribution in [1.82, 2.24) is 10.6 Å². The van der Waals surface area contributed by atoms with Gasteiger partial charge in [0.15, 0.2) is 0 Å². The molecule has 0 aromatic heterocycles. The predicted molar refractivity (Wildman–Crippen MR) is 59.5 cm³/mol. The zero-order valence-electron chi connectivity index (χ0n) is 8.68. The lowest BCUT2D eigenvalue weighted by atomic mass is 10.1. The summed E-state index contributed by atoms with van der Waals surface area (Å²) in [6.45, 7) is 3.16. The molecule has 0 unspecified atom stereocenters. The fourth-order valence-electron chi connectivity index (χ4n) is 1.96. The molecule has 0 radical (unpaired) electrons. The van der Waals surface area contributed by atoms with Gasteiger partial charge in [0.2, 0.25) is 0 Å². The summed E-state index contributed by atoms with van der Waals surface area (Å²) in [6.07, 6.45) is 8.42. The molecule has 3 nitrogen and oxygen atoms in total. The van der Waals surface area contributed by atoms with Crippen molar-refractivity contribution in [3.63, 3.8) is 0 Å². The molecule has 0 amide bonds. The lowest BCUT2D eigenvalue weighted by Gasteiger charge is -2.04. The first-order valence-corrected chi connectivity index (χ1v) is 5.65. The third-order valence-corrected chi connectivity index (χ3v) is 2.74. The van der Waals surface area contributed by atoms with E-state index in [1.54, 1.807) is 0 Å². The number of allylic oxidation sites excluding steroid dienone is 1. The van der Waals surface area contributed by atoms with Crippen LogP contribution >= 0.6 is 0 Å². The highest BCUT2D eigenvalue weighted by Crippen LogP contribution is 2.11. The molecule has 2 aliphatic heterocycles. The Kier molecular flexibility index (Phi) is 3.44. The van der Waals surface area contributed by atoms with Gasteiger partial charge in [0, 0.05) is 25.2 Å². The minimum atomic E-state index is 0.974. The van der Waals surface area contributed by atoms with Crippen LogP contribution in [0.3, 0.4) is 0 Å². The largest absolute Gasteiger partial charge is 0.388 e. The number of nitrogens with one attached hydrogen (secondary N) is 2. The minimum absolute atomic E-state index is 0.974. The van der Waals surface area contributed by atoms with Crippen molar-refractivity contribution in [3.05, 3.63) is 11.8 Å². The van der Waals surface area contributed by atoms with E-state index in [9.17, 15) is 0 Å². The van der Waals surface area contributed by atoms with Crippen molar-refractivity contribution in [2.24, 2.45) is 4.99 Å². The minimum Gasteiger partial charge on any atom is -0.388 e. The lowest BCUT2D eigenvalue weighted by molar-refractivity contribution is 0.712. The van der Waals surface area contributed by atoms with Gasteiger partial charge in [0.1, 0.15) is 0 Å². The van der Waals surface area contributed by atoms with Gasteiger partial charge in [-0.3, -0.25) is 4.99 Å². The topological polar surface area (TPSA) is 36.4 Å². The maximum atomic E-state index is 4.38. The Morgan fingerprint density at radius 1 is 1.14 bits per heavy atom. The molecule has 0 aliphatic carbocycles. The second-order valence-electron chi connectivity index (χ2n) is 3.91. The molecule has 0 saturated carbocycles. The van der Waals surface area contributed by atoms with E-state index >= 15 is 0 Å². The Morgan fingerprint density at radius 2 is 2.07 bits per heavy atom. The maximum Gasteiger partial charge on any atom is 0.0964 e. The molecular weight excluding hydrogens is 174 g/mol. The third kappa shape index (κ3) is 2.76. The summed E-state index contributed by atoms with van der Waals surface area (Å²) in [5.41, 5.74) is 1.45. The van der Waals surface area contributed by atoms with Gasteiger partial charge >= 0.3 is 0 Å². The summed E-state index contributed by atoms with van der Waals surface area (Å²) in [5, 5.41) is 6.71. The first-order valence-electron chi connectivity index (χ1n) is 5.65. The van der Waals surface area contributed by atoms with Crippen molar-refractivity contribution in [2.75, 3.05) is 19.6 Å². The van der Waals surface area contributed by atoms with Crippen LogP contribution in [0.1, 0.15) is 32.1 Å². The van der Waals surface area contributed by atoms with Crippen molar-refractivity contribution in [1.29, 1.82) is 0 Å². The summed E-state index contributed by atoms with van der Waals surface area (Å²) >= 11 is 0. The van der Waals surface area contributed by atoms with Crippen LogP contribution in [0.15, 0.2) is 16.8 Å². The normalized spacial score (nSPS) is 20.0. The van der Waals surface area contributed by atoms with Gasteiger partial charge in [0.05, 0.1) is 12.4 Å². The lowest BCUT2D eigenvalue weighted by Crippen LogP contribution is -2.18. The molecule has 2 rings (SSSR count). The molecule has 0 aromatic carbocycles. The molecule has 78 valence electrons. The summed E-state index contributed by atoms with van der Waals surface area (Å²) in [6, 6.07) is 0. The van der Waals surface area contributed by atoms with Gasteiger partial charge < -0.3 is 10.6 Å². The average Bonchev–Trinajstić information content (AvgIpc) is 2.86. The van der Waals surface area contributed by atoms with Gasteiger partial charge in [-0.05, 0) is 25.7 Å². The average molecular weight is 193 g/mol. The van der Waals surface area contributed by atoms with E-state index in [-0.39, 0.29) is 0 Å². The van der Waals surface area contributed by atoms with E-state index in [4.69, 9.17) is 0 Å². The van der Waals surface area contributed by atoms with Crippen LogP contribution in [0, 0.1) is 0 Å². The fraction of sp³-hybridized carbons (Fsp3) is 0.727. The van der Waals surface area contributed by atoms with Crippen molar-refractivity contribution in [3.8, 4) is 0 Å². The summed E-state index contributed by atoms with van der Waals surface area (Å²) < 4.78 is 0. The molecular formula is C11H19N3. The Morgan fingerprint density at radius 3 is 2.79 bits per heavy atom. The molecule has 3 heteroatoms.